The first-order valence-electron chi connectivity index (χ1n) is 5.07. The maximum absolute atomic E-state index is 11.3. The van der Waals surface area contributed by atoms with Crippen LogP contribution in [0.25, 0.3) is 0 Å². The third-order valence-corrected chi connectivity index (χ3v) is 1.92. The van der Waals surface area contributed by atoms with Crippen molar-refractivity contribution in [1.29, 1.82) is 0 Å². The molecule has 0 aliphatic carbocycles. The SMILES string of the molecule is CC(C)(C)OC(=O)N/N=C/c1c(N)ncnc1Cl. The Balaban J connectivity index is 2.63. The van der Waals surface area contributed by atoms with Crippen molar-refractivity contribution >= 4 is 29.7 Å². The number of amides is 1. The van der Waals surface area contributed by atoms with Crippen molar-refractivity contribution in [3.63, 3.8) is 0 Å². The van der Waals surface area contributed by atoms with E-state index in [0.29, 0.717) is 5.56 Å². The van der Waals surface area contributed by atoms with Crippen LogP contribution in [0.3, 0.4) is 0 Å². The molecule has 1 amide bonds. The van der Waals surface area contributed by atoms with E-state index in [-0.39, 0.29) is 11.0 Å². The summed E-state index contributed by atoms with van der Waals surface area (Å²) in [5, 5.41) is 3.80. The van der Waals surface area contributed by atoms with E-state index in [1.807, 2.05) is 0 Å². The van der Waals surface area contributed by atoms with E-state index >= 15 is 0 Å². The predicted octanol–water partition coefficient (Wildman–Crippen LogP) is 1.57. The molecule has 0 aliphatic rings. The van der Waals surface area contributed by atoms with Gasteiger partial charge in [-0.1, -0.05) is 11.6 Å². The van der Waals surface area contributed by atoms with Crippen LogP contribution < -0.4 is 11.2 Å². The third-order valence-electron chi connectivity index (χ3n) is 1.61. The fourth-order valence-corrected chi connectivity index (χ4v) is 1.15. The summed E-state index contributed by atoms with van der Waals surface area (Å²) in [6.45, 7) is 5.24. The number of carbonyl (C=O) groups excluding carboxylic acids is 1. The molecule has 7 nitrogen and oxygen atoms in total. The highest BCUT2D eigenvalue weighted by molar-refractivity contribution is 6.32. The second-order valence-electron chi connectivity index (χ2n) is 4.34. The van der Waals surface area contributed by atoms with Gasteiger partial charge in [0.25, 0.3) is 0 Å². The molecule has 0 saturated carbocycles. The Kier molecular flexibility index (Phi) is 4.43. The molecule has 1 heterocycles. The number of ether oxygens (including phenoxy) is 1. The third kappa shape index (κ3) is 4.54. The van der Waals surface area contributed by atoms with Gasteiger partial charge in [-0.25, -0.2) is 20.2 Å². The molecule has 0 spiro atoms. The number of nitrogens with two attached hydrogens (primary N) is 1. The fraction of sp³-hybridized carbons (Fsp3) is 0.400. The molecule has 1 rings (SSSR count). The normalized spacial score (nSPS) is 11.6. The Morgan fingerprint density at radius 3 is 2.78 bits per heavy atom. The number of nitrogen functional groups attached to an aromatic ring is 1. The summed E-state index contributed by atoms with van der Waals surface area (Å²) < 4.78 is 4.98. The van der Waals surface area contributed by atoms with Crippen molar-refractivity contribution in [3.8, 4) is 0 Å². The molecule has 8 heteroatoms. The molecule has 0 radical (unpaired) electrons. The van der Waals surface area contributed by atoms with Crippen LogP contribution in [-0.4, -0.2) is 27.9 Å². The zero-order chi connectivity index (χ0) is 13.8. The standard InChI is InChI=1S/C10H14ClN5O2/c1-10(2,3)18-9(17)16-15-4-6-7(11)13-5-14-8(6)12/h4-5H,1-3H3,(H,16,17)(H2,12,13,14)/b15-4+. The number of nitrogens with zero attached hydrogens (tertiary/aromatic N) is 3. The van der Waals surface area contributed by atoms with Gasteiger partial charge in [0.2, 0.25) is 0 Å². The Hall–Kier alpha value is -1.89. The first-order chi connectivity index (χ1) is 8.29. The van der Waals surface area contributed by atoms with Crippen molar-refractivity contribution in [3.05, 3.63) is 17.0 Å². The van der Waals surface area contributed by atoms with E-state index < -0.39 is 11.7 Å². The minimum atomic E-state index is -0.676. The topological polar surface area (TPSA) is 102 Å². The number of rotatable bonds is 2. The number of hydrogen-bond donors (Lipinski definition) is 2. The summed E-state index contributed by atoms with van der Waals surface area (Å²) >= 11 is 5.78. The van der Waals surface area contributed by atoms with E-state index in [0.717, 1.165) is 0 Å². The molecule has 1 aromatic rings. The van der Waals surface area contributed by atoms with Crippen LogP contribution in [-0.2, 0) is 4.74 Å². The molecule has 98 valence electrons. The average Bonchev–Trinajstić information content (AvgIpc) is 2.19. The van der Waals surface area contributed by atoms with Crippen molar-refractivity contribution in [2.75, 3.05) is 5.73 Å². The van der Waals surface area contributed by atoms with Crippen molar-refractivity contribution < 1.29 is 9.53 Å². The average molecular weight is 272 g/mol. The Morgan fingerprint density at radius 1 is 1.56 bits per heavy atom. The Morgan fingerprint density at radius 2 is 2.22 bits per heavy atom. The van der Waals surface area contributed by atoms with E-state index in [2.05, 4.69) is 20.5 Å². The summed E-state index contributed by atoms with van der Waals surface area (Å²) in [5.41, 5.74) is 7.49. The van der Waals surface area contributed by atoms with Gasteiger partial charge < -0.3 is 10.5 Å². The van der Waals surface area contributed by atoms with Gasteiger partial charge in [0.15, 0.2) is 0 Å². The molecule has 0 fully saturated rings. The summed E-state index contributed by atoms with van der Waals surface area (Å²) in [7, 11) is 0. The maximum atomic E-state index is 11.3. The zero-order valence-electron chi connectivity index (χ0n) is 10.3. The molecule has 0 atom stereocenters. The van der Waals surface area contributed by atoms with Gasteiger partial charge in [-0.2, -0.15) is 5.10 Å². The van der Waals surface area contributed by atoms with Gasteiger partial charge in [-0.3, -0.25) is 0 Å². The predicted molar refractivity (Wildman–Crippen MR) is 68.4 cm³/mol. The summed E-state index contributed by atoms with van der Waals surface area (Å²) in [6.07, 6.45) is 1.81. The van der Waals surface area contributed by atoms with Crippen LogP contribution in [0.15, 0.2) is 11.4 Å². The lowest BCUT2D eigenvalue weighted by Gasteiger charge is -2.18. The van der Waals surface area contributed by atoms with Crippen LogP contribution in [0.4, 0.5) is 10.6 Å². The Labute approximate surface area is 109 Å². The molecule has 0 aliphatic heterocycles. The molecule has 3 N–H and O–H groups in total. The molecule has 0 bridgehead atoms. The van der Waals surface area contributed by atoms with Crippen LogP contribution in [0.2, 0.25) is 5.15 Å². The summed E-state index contributed by atoms with van der Waals surface area (Å²) in [4.78, 5) is 18.8. The molecule has 0 unspecified atom stereocenters. The minimum Gasteiger partial charge on any atom is -0.443 e. The van der Waals surface area contributed by atoms with Gasteiger partial charge in [0, 0.05) is 0 Å². The van der Waals surface area contributed by atoms with E-state index in [9.17, 15) is 4.79 Å². The van der Waals surface area contributed by atoms with Crippen molar-refractivity contribution in [2.24, 2.45) is 5.10 Å². The molecule has 1 aromatic heterocycles. The minimum absolute atomic E-state index is 0.150. The molecule has 0 saturated heterocycles. The van der Waals surface area contributed by atoms with Crippen molar-refractivity contribution in [1.82, 2.24) is 15.4 Å². The maximum Gasteiger partial charge on any atom is 0.428 e. The van der Waals surface area contributed by atoms with Gasteiger partial charge in [-0.05, 0) is 20.8 Å². The zero-order valence-corrected chi connectivity index (χ0v) is 11.0. The number of anilines is 1. The van der Waals surface area contributed by atoms with Crippen molar-refractivity contribution in [2.45, 2.75) is 26.4 Å². The largest absolute Gasteiger partial charge is 0.443 e. The Bertz CT molecular complexity index is 450. The van der Waals surface area contributed by atoms with E-state index in [1.54, 1.807) is 20.8 Å². The number of halogens is 1. The molecular weight excluding hydrogens is 258 g/mol. The quantitative estimate of drug-likeness (QED) is 0.483. The first-order valence-corrected chi connectivity index (χ1v) is 5.45. The molecule has 0 aromatic carbocycles. The highest BCUT2D eigenvalue weighted by Crippen LogP contribution is 2.14. The highest BCUT2D eigenvalue weighted by atomic mass is 35.5. The lowest BCUT2D eigenvalue weighted by Crippen LogP contribution is -2.29. The first kappa shape index (κ1) is 14.2. The van der Waals surface area contributed by atoms with Gasteiger partial charge in [0.05, 0.1) is 11.8 Å². The number of hydrogen-bond acceptors (Lipinski definition) is 6. The van der Waals surface area contributed by atoms with E-state index in [4.69, 9.17) is 22.1 Å². The van der Waals surface area contributed by atoms with Crippen LogP contribution in [0.1, 0.15) is 26.3 Å². The van der Waals surface area contributed by atoms with Gasteiger partial charge in [0.1, 0.15) is 22.9 Å². The lowest BCUT2D eigenvalue weighted by molar-refractivity contribution is 0.0529. The molecule has 18 heavy (non-hydrogen) atoms. The van der Waals surface area contributed by atoms with Crippen LogP contribution >= 0.6 is 11.6 Å². The number of hydrazone groups is 1. The number of nitrogens with one attached hydrogen (secondary N) is 1. The van der Waals surface area contributed by atoms with Gasteiger partial charge in [-0.15, -0.1) is 0 Å². The monoisotopic (exact) mass is 271 g/mol. The number of carbonyl (C=O) groups is 1. The van der Waals surface area contributed by atoms with Crippen LogP contribution in [0, 0.1) is 0 Å². The smallest absolute Gasteiger partial charge is 0.428 e. The second-order valence-corrected chi connectivity index (χ2v) is 4.69. The van der Waals surface area contributed by atoms with E-state index in [1.165, 1.54) is 12.5 Å². The summed E-state index contributed by atoms with van der Waals surface area (Å²) in [6, 6.07) is 0. The molecular formula is C10H14ClN5O2. The second kappa shape index (κ2) is 5.63. The highest BCUT2D eigenvalue weighted by Gasteiger charge is 2.15. The summed E-state index contributed by atoms with van der Waals surface area (Å²) in [5.74, 6) is 0.171. The lowest BCUT2D eigenvalue weighted by atomic mass is 10.2. The van der Waals surface area contributed by atoms with Gasteiger partial charge >= 0.3 is 6.09 Å². The fourth-order valence-electron chi connectivity index (χ4n) is 0.956. The number of aromatic nitrogens is 2. The van der Waals surface area contributed by atoms with Crippen LogP contribution in [0.5, 0.6) is 0 Å².